The third-order valence-electron chi connectivity index (χ3n) is 3.67. The summed E-state index contributed by atoms with van der Waals surface area (Å²) in [5, 5.41) is 2.91. The van der Waals surface area contributed by atoms with Gasteiger partial charge in [-0.15, -0.1) is 11.3 Å². The van der Waals surface area contributed by atoms with Gasteiger partial charge in [-0.3, -0.25) is 9.69 Å². The van der Waals surface area contributed by atoms with Crippen molar-refractivity contribution in [2.45, 2.75) is 20.0 Å². The lowest BCUT2D eigenvalue weighted by Crippen LogP contribution is -2.23. The van der Waals surface area contributed by atoms with E-state index in [4.69, 9.17) is 10.5 Å². The predicted octanol–water partition coefficient (Wildman–Crippen LogP) is 2.50. The highest BCUT2D eigenvalue weighted by molar-refractivity contribution is 7.18. The summed E-state index contributed by atoms with van der Waals surface area (Å²) in [6.07, 6.45) is 0. The van der Waals surface area contributed by atoms with Crippen LogP contribution in [0.25, 0.3) is 0 Å². The highest BCUT2D eigenvalue weighted by Gasteiger charge is 2.27. The number of hydrogen-bond acceptors (Lipinski definition) is 6. The van der Waals surface area contributed by atoms with Gasteiger partial charge in [-0.1, -0.05) is 30.3 Å². The lowest BCUT2D eigenvalue weighted by atomic mass is 10.1. The normalized spacial score (nSPS) is 10.7. The van der Waals surface area contributed by atoms with Gasteiger partial charge in [0.05, 0.1) is 17.0 Å². The summed E-state index contributed by atoms with van der Waals surface area (Å²) >= 11 is 1.11. The number of carbonyl (C=O) groups is 2. The summed E-state index contributed by atoms with van der Waals surface area (Å²) in [5.74, 6) is -0.745. The van der Waals surface area contributed by atoms with Crippen molar-refractivity contribution in [1.29, 1.82) is 0 Å². The molecule has 0 aliphatic carbocycles. The van der Waals surface area contributed by atoms with Crippen molar-refractivity contribution in [3.8, 4) is 0 Å². The number of nitrogens with two attached hydrogens (primary N) is 1. The number of nitrogens with one attached hydrogen (secondary N) is 1. The van der Waals surface area contributed by atoms with Crippen molar-refractivity contribution >= 4 is 28.2 Å². The zero-order valence-corrected chi connectivity index (χ0v) is 15.5. The molecule has 0 aliphatic rings. The number of thiophene rings is 1. The summed E-state index contributed by atoms with van der Waals surface area (Å²) in [7, 11) is 3.49. The Morgan fingerprint density at radius 1 is 1.24 bits per heavy atom. The molecular weight excluding hydrogens is 338 g/mol. The van der Waals surface area contributed by atoms with Crippen LogP contribution in [0, 0.1) is 0 Å². The van der Waals surface area contributed by atoms with Gasteiger partial charge >= 0.3 is 5.97 Å². The Labute approximate surface area is 151 Å². The van der Waals surface area contributed by atoms with E-state index in [9.17, 15) is 9.59 Å². The van der Waals surface area contributed by atoms with Gasteiger partial charge in [-0.25, -0.2) is 4.79 Å². The average Bonchev–Trinajstić information content (AvgIpc) is 2.91. The smallest absolute Gasteiger partial charge is 0.341 e. The second kappa shape index (κ2) is 8.64. The predicted molar refractivity (Wildman–Crippen MR) is 99.7 cm³/mol. The molecule has 0 radical (unpaired) electrons. The molecule has 0 fully saturated rings. The van der Waals surface area contributed by atoms with E-state index in [2.05, 4.69) is 5.32 Å². The minimum Gasteiger partial charge on any atom is -0.462 e. The van der Waals surface area contributed by atoms with Gasteiger partial charge in [-0.2, -0.15) is 0 Å². The SMILES string of the molecule is CCOC(=O)c1c(N)sc(C(=O)NC)c1CN(C)Cc1ccccc1. The van der Waals surface area contributed by atoms with E-state index in [0.717, 1.165) is 16.9 Å². The van der Waals surface area contributed by atoms with Crippen molar-refractivity contribution < 1.29 is 14.3 Å². The van der Waals surface area contributed by atoms with Gasteiger partial charge in [0, 0.05) is 25.7 Å². The molecule has 0 aliphatic heterocycles. The molecule has 7 heteroatoms. The van der Waals surface area contributed by atoms with Crippen LogP contribution in [0.3, 0.4) is 0 Å². The van der Waals surface area contributed by atoms with E-state index in [1.165, 1.54) is 0 Å². The van der Waals surface area contributed by atoms with Crippen LogP contribution in [0.1, 0.15) is 38.1 Å². The highest BCUT2D eigenvalue weighted by Crippen LogP contribution is 2.33. The van der Waals surface area contributed by atoms with Crippen LogP contribution in [-0.4, -0.2) is 37.5 Å². The van der Waals surface area contributed by atoms with Gasteiger partial charge < -0.3 is 15.8 Å². The first-order chi connectivity index (χ1) is 12.0. The van der Waals surface area contributed by atoms with Gasteiger partial charge in [0.2, 0.25) is 0 Å². The first kappa shape index (κ1) is 19.0. The standard InChI is InChI=1S/C18H23N3O3S/c1-4-24-18(23)14-13(15(17(22)20-2)25-16(14)19)11-21(3)10-12-8-6-5-7-9-12/h5-9H,4,10-11,19H2,1-3H3,(H,20,22). The molecule has 134 valence electrons. The number of nitrogens with zero attached hydrogens (tertiary/aromatic N) is 1. The maximum atomic E-state index is 12.3. The summed E-state index contributed by atoms with van der Waals surface area (Å²) in [4.78, 5) is 27.0. The molecule has 0 atom stereocenters. The zero-order chi connectivity index (χ0) is 18.4. The molecule has 1 amide bonds. The largest absolute Gasteiger partial charge is 0.462 e. The molecule has 2 rings (SSSR count). The van der Waals surface area contributed by atoms with Crippen molar-refractivity contribution in [3.63, 3.8) is 0 Å². The number of esters is 1. The molecule has 25 heavy (non-hydrogen) atoms. The molecule has 1 heterocycles. The van der Waals surface area contributed by atoms with Crippen LogP contribution in [-0.2, 0) is 17.8 Å². The molecule has 0 saturated carbocycles. The number of hydrogen-bond donors (Lipinski definition) is 2. The number of ether oxygens (including phenoxy) is 1. The number of amides is 1. The van der Waals surface area contributed by atoms with E-state index in [1.807, 2.05) is 42.3 Å². The summed E-state index contributed by atoms with van der Waals surface area (Å²) in [5.41, 5.74) is 8.07. The molecule has 0 spiro atoms. The van der Waals surface area contributed by atoms with Gasteiger partial charge in [0.15, 0.2) is 0 Å². The Kier molecular flexibility index (Phi) is 6.55. The van der Waals surface area contributed by atoms with Crippen molar-refractivity contribution in [2.24, 2.45) is 0 Å². The van der Waals surface area contributed by atoms with E-state index >= 15 is 0 Å². The van der Waals surface area contributed by atoms with E-state index in [1.54, 1.807) is 14.0 Å². The first-order valence-corrected chi connectivity index (χ1v) is 8.82. The van der Waals surface area contributed by atoms with Crippen LogP contribution in [0.4, 0.5) is 5.00 Å². The highest BCUT2D eigenvalue weighted by atomic mass is 32.1. The number of carbonyl (C=O) groups excluding carboxylic acids is 2. The van der Waals surface area contributed by atoms with E-state index < -0.39 is 5.97 Å². The Morgan fingerprint density at radius 3 is 2.52 bits per heavy atom. The number of rotatable bonds is 7. The average molecular weight is 361 g/mol. The third kappa shape index (κ3) is 4.58. The quantitative estimate of drug-likeness (QED) is 0.740. The second-order valence-corrected chi connectivity index (χ2v) is 6.66. The topological polar surface area (TPSA) is 84.7 Å². The molecule has 1 aromatic heterocycles. The number of anilines is 1. The first-order valence-electron chi connectivity index (χ1n) is 8.00. The molecule has 1 aromatic carbocycles. The molecule has 3 N–H and O–H groups in total. The van der Waals surface area contributed by atoms with Crippen LogP contribution in [0.15, 0.2) is 30.3 Å². The molecule has 2 aromatic rings. The van der Waals surface area contributed by atoms with E-state index in [-0.39, 0.29) is 12.5 Å². The number of nitrogen functional groups attached to an aromatic ring is 1. The maximum absolute atomic E-state index is 12.3. The van der Waals surface area contributed by atoms with Crippen LogP contribution in [0.5, 0.6) is 0 Å². The van der Waals surface area contributed by atoms with Crippen LogP contribution < -0.4 is 11.1 Å². The fourth-order valence-corrected chi connectivity index (χ4v) is 3.59. The fourth-order valence-electron chi connectivity index (χ4n) is 2.58. The monoisotopic (exact) mass is 361 g/mol. The van der Waals surface area contributed by atoms with Gasteiger partial charge in [0.1, 0.15) is 5.00 Å². The number of benzene rings is 1. The Morgan fingerprint density at radius 2 is 1.92 bits per heavy atom. The summed E-state index contributed by atoms with van der Waals surface area (Å²) in [6.45, 7) is 3.09. The minimum atomic E-state index is -0.491. The van der Waals surface area contributed by atoms with Crippen LogP contribution in [0.2, 0.25) is 0 Å². The summed E-state index contributed by atoms with van der Waals surface area (Å²) in [6, 6.07) is 9.98. The molecule has 6 nitrogen and oxygen atoms in total. The molecule has 0 unspecified atom stereocenters. The van der Waals surface area contributed by atoms with E-state index in [0.29, 0.717) is 34.1 Å². The Bertz CT molecular complexity index is 744. The minimum absolute atomic E-state index is 0.253. The maximum Gasteiger partial charge on any atom is 0.341 e. The van der Waals surface area contributed by atoms with Crippen LogP contribution >= 0.6 is 11.3 Å². The lowest BCUT2D eigenvalue weighted by molar-refractivity contribution is 0.0526. The molecule has 0 bridgehead atoms. The van der Waals surface area contributed by atoms with Crippen molar-refractivity contribution in [2.75, 3.05) is 26.4 Å². The third-order valence-corrected chi connectivity index (χ3v) is 4.73. The fraction of sp³-hybridized carbons (Fsp3) is 0.333. The molecule has 0 saturated heterocycles. The lowest BCUT2D eigenvalue weighted by Gasteiger charge is -2.18. The second-order valence-electron chi connectivity index (χ2n) is 5.61. The Hall–Kier alpha value is -2.38. The van der Waals surface area contributed by atoms with Crippen molar-refractivity contribution in [1.82, 2.24) is 10.2 Å². The zero-order valence-electron chi connectivity index (χ0n) is 14.7. The van der Waals surface area contributed by atoms with Gasteiger partial charge in [-0.05, 0) is 19.5 Å². The van der Waals surface area contributed by atoms with Crippen molar-refractivity contribution in [3.05, 3.63) is 51.9 Å². The van der Waals surface area contributed by atoms with Gasteiger partial charge in [0.25, 0.3) is 5.91 Å². The summed E-state index contributed by atoms with van der Waals surface area (Å²) < 4.78 is 5.11. The Balaban J connectivity index is 2.32. The molecular formula is C18H23N3O3S.